The fraction of sp³-hybridized carbons (Fsp3) is 0.385. The number of nitrogens with one attached hydrogen (secondary N) is 1. The van der Waals surface area contributed by atoms with Gasteiger partial charge in [-0.05, 0) is 19.1 Å². The molecule has 0 saturated carbocycles. The lowest BCUT2D eigenvalue weighted by Gasteiger charge is -2.13. The number of nitrogens with zero attached hydrogens (tertiary/aromatic N) is 4. The first-order chi connectivity index (χ1) is 11.1. The molecule has 2 aromatic heterocycles. The summed E-state index contributed by atoms with van der Waals surface area (Å²) in [4.78, 5) is 22.5. The largest absolute Gasteiger partial charge is 0.480 e. The van der Waals surface area contributed by atoms with Gasteiger partial charge in [-0.25, -0.2) is 0 Å². The molecule has 1 unspecified atom stereocenters. The highest BCUT2D eigenvalue weighted by Crippen LogP contribution is 2.27. The van der Waals surface area contributed by atoms with Crippen LogP contribution in [0.3, 0.4) is 0 Å². The Bertz CT molecular complexity index is 737. The lowest BCUT2D eigenvalue weighted by molar-refractivity contribution is -0.141. The third-order valence-corrected chi connectivity index (χ3v) is 2.94. The predicted octanol–water partition coefficient (Wildman–Crippen LogP) is 1.00. The smallest absolute Gasteiger partial charge is 0.435 e. The van der Waals surface area contributed by atoms with E-state index < -0.39 is 29.8 Å². The minimum atomic E-state index is -4.52. The van der Waals surface area contributed by atoms with Gasteiger partial charge in [-0.3, -0.25) is 19.0 Å². The molecule has 0 aliphatic heterocycles. The zero-order valence-electron chi connectivity index (χ0n) is 12.5. The molecule has 24 heavy (non-hydrogen) atoms. The maximum atomic E-state index is 12.5. The summed E-state index contributed by atoms with van der Waals surface area (Å²) in [5.74, 6) is -1.66. The second kappa shape index (κ2) is 6.72. The Labute approximate surface area is 133 Å². The molecule has 0 aliphatic rings. The molecule has 1 atom stereocenters. The second-order valence-electron chi connectivity index (χ2n) is 5.09. The molecule has 0 spiro atoms. The molecule has 0 saturated heterocycles. The maximum absolute atomic E-state index is 12.5. The normalized spacial score (nSPS) is 12.8. The van der Waals surface area contributed by atoms with Gasteiger partial charge in [0.1, 0.15) is 12.2 Å². The molecule has 2 heterocycles. The highest BCUT2D eigenvalue weighted by Gasteiger charge is 2.33. The number of rotatable bonds is 6. The average molecular weight is 345 g/mol. The summed E-state index contributed by atoms with van der Waals surface area (Å²) in [6.45, 7) is 1.26. The Morgan fingerprint density at radius 3 is 2.50 bits per heavy atom. The van der Waals surface area contributed by atoms with Crippen molar-refractivity contribution < 1.29 is 27.9 Å². The number of aliphatic carboxylic acids is 1. The SMILES string of the molecule is CC(Cn1ccc(C(F)(F)F)n1)NC(=O)c1ccn(CC(=O)O)n1. The van der Waals surface area contributed by atoms with E-state index in [9.17, 15) is 22.8 Å². The van der Waals surface area contributed by atoms with Gasteiger partial charge in [-0.15, -0.1) is 0 Å². The highest BCUT2D eigenvalue weighted by atomic mass is 19.4. The van der Waals surface area contributed by atoms with Gasteiger partial charge in [-0.2, -0.15) is 23.4 Å². The summed E-state index contributed by atoms with van der Waals surface area (Å²) in [6, 6.07) is 1.69. The van der Waals surface area contributed by atoms with Crippen molar-refractivity contribution in [3.8, 4) is 0 Å². The Kier molecular flexibility index (Phi) is 4.90. The van der Waals surface area contributed by atoms with E-state index in [1.165, 1.54) is 18.5 Å². The van der Waals surface area contributed by atoms with Gasteiger partial charge in [0.25, 0.3) is 5.91 Å². The zero-order chi connectivity index (χ0) is 17.9. The number of aromatic nitrogens is 4. The topological polar surface area (TPSA) is 102 Å². The lowest BCUT2D eigenvalue weighted by Crippen LogP contribution is -2.36. The van der Waals surface area contributed by atoms with Crippen LogP contribution in [0.2, 0.25) is 0 Å². The Morgan fingerprint density at radius 2 is 1.92 bits per heavy atom. The van der Waals surface area contributed by atoms with E-state index in [2.05, 4.69) is 15.5 Å². The van der Waals surface area contributed by atoms with Crippen LogP contribution in [0.15, 0.2) is 24.5 Å². The number of alkyl halides is 3. The number of halogens is 3. The molecule has 0 fully saturated rings. The van der Waals surface area contributed by atoms with Crippen LogP contribution in [0.5, 0.6) is 0 Å². The van der Waals surface area contributed by atoms with E-state index in [4.69, 9.17) is 5.11 Å². The summed E-state index contributed by atoms with van der Waals surface area (Å²) in [6.07, 6.45) is -2.00. The number of hydrogen-bond donors (Lipinski definition) is 2. The fourth-order valence-electron chi connectivity index (χ4n) is 1.95. The minimum absolute atomic E-state index is 0.0135. The average Bonchev–Trinajstić information content (AvgIpc) is 3.06. The van der Waals surface area contributed by atoms with E-state index in [1.54, 1.807) is 6.92 Å². The quantitative estimate of drug-likeness (QED) is 0.813. The van der Waals surface area contributed by atoms with Crippen molar-refractivity contribution in [1.82, 2.24) is 24.9 Å². The number of carboxylic acid groups (broad SMARTS) is 1. The molecule has 8 nitrogen and oxygen atoms in total. The van der Waals surface area contributed by atoms with Crippen LogP contribution in [0.25, 0.3) is 0 Å². The first-order valence-electron chi connectivity index (χ1n) is 6.82. The van der Waals surface area contributed by atoms with Gasteiger partial charge in [0.15, 0.2) is 5.69 Å². The van der Waals surface area contributed by atoms with Crippen molar-refractivity contribution in [2.75, 3.05) is 0 Å². The van der Waals surface area contributed by atoms with Crippen LogP contribution >= 0.6 is 0 Å². The van der Waals surface area contributed by atoms with Gasteiger partial charge in [0.2, 0.25) is 0 Å². The van der Waals surface area contributed by atoms with E-state index in [0.717, 1.165) is 15.4 Å². The summed E-state index contributed by atoms with van der Waals surface area (Å²) in [7, 11) is 0. The van der Waals surface area contributed by atoms with Gasteiger partial charge >= 0.3 is 12.1 Å². The van der Waals surface area contributed by atoms with Crippen molar-refractivity contribution >= 4 is 11.9 Å². The van der Waals surface area contributed by atoms with Gasteiger partial charge in [-0.1, -0.05) is 0 Å². The van der Waals surface area contributed by atoms with Crippen LogP contribution in [-0.2, 0) is 24.1 Å². The van der Waals surface area contributed by atoms with Crippen molar-refractivity contribution in [2.24, 2.45) is 0 Å². The molecule has 11 heteroatoms. The van der Waals surface area contributed by atoms with Crippen molar-refractivity contribution in [3.63, 3.8) is 0 Å². The first kappa shape index (κ1) is 17.5. The zero-order valence-corrected chi connectivity index (χ0v) is 12.5. The minimum Gasteiger partial charge on any atom is -0.480 e. The van der Waals surface area contributed by atoms with Gasteiger partial charge < -0.3 is 10.4 Å². The summed E-state index contributed by atoms with van der Waals surface area (Å²) < 4.78 is 39.6. The molecule has 2 N–H and O–H groups in total. The van der Waals surface area contributed by atoms with Crippen molar-refractivity contribution in [3.05, 3.63) is 35.9 Å². The standard InChI is InChI=1S/C13H14F3N5O3/c1-8(6-20-5-3-10(19-20)13(14,15)16)17-12(24)9-2-4-21(18-9)7-11(22)23/h2-5,8H,6-7H2,1H3,(H,17,24)(H,22,23). The summed E-state index contributed by atoms with van der Waals surface area (Å²) in [5.41, 5.74) is -0.993. The van der Waals surface area contributed by atoms with E-state index in [-0.39, 0.29) is 18.8 Å². The summed E-state index contributed by atoms with van der Waals surface area (Å²) >= 11 is 0. The van der Waals surface area contributed by atoms with Crippen LogP contribution in [0.1, 0.15) is 23.1 Å². The molecule has 0 radical (unpaired) electrons. The molecule has 0 aliphatic carbocycles. The van der Waals surface area contributed by atoms with Crippen molar-refractivity contribution in [2.45, 2.75) is 32.2 Å². The molecule has 0 aromatic carbocycles. The molecule has 2 aromatic rings. The monoisotopic (exact) mass is 345 g/mol. The van der Waals surface area contributed by atoms with Crippen LogP contribution in [0.4, 0.5) is 13.2 Å². The van der Waals surface area contributed by atoms with E-state index in [0.29, 0.717) is 0 Å². The number of hydrogen-bond acceptors (Lipinski definition) is 4. The molecule has 130 valence electrons. The number of carbonyl (C=O) groups excluding carboxylic acids is 1. The number of carboxylic acids is 1. The molecule has 2 rings (SSSR count). The van der Waals surface area contributed by atoms with E-state index >= 15 is 0 Å². The highest BCUT2D eigenvalue weighted by molar-refractivity contribution is 5.92. The molecular formula is C13H14F3N5O3. The van der Waals surface area contributed by atoms with Crippen LogP contribution in [-0.4, -0.2) is 42.6 Å². The molecule has 1 amide bonds. The Hall–Kier alpha value is -2.85. The first-order valence-corrected chi connectivity index (χ1v) is 6.82. The van der Waals surface area contributed by atoms with E-state index in [1.807, 2.05) is 0 Å². The summed E-state index contributed by atoms with van der Waals surface area (Å²) in [5, 5.41) is 18.4. The third kappa shape index (κ3) is 4.57. The Morgan fingerprint density at radius 1 is 1.25 bits per heavy atom. The van der Waals surface area contributed by atoms with Gasteiger partial charge in [0.05, 0.1) is 6.54 Å². The molecular weight excluding hydrogens is 331 g/mol. The predicted molar refractivity (Wildman–Crippen MR) is 74.0 cm³/mol. The van der Waals surface area contributed by atoms with Crippen molar-refractivity contribution in [1.29, 1.82) is 0 Å². The fourth-order valence-corrected chi connectivity index (χ4v) is 1.95. The van der Waals surface area contributed by atoms with Crippen LogP contribution < -0.4 is 5.32 Å². The molecule has 0 bridgehead atoms. The third-order valence-electron chi connectivity index (χ3n) is 2.94. The number of amides is 1. The Balaban J connectivity index is 1.93. The second-order valence-corrected chi connectivity index (χ2v) is 5.09. The van der Waals surface area contributed by atoms with Gasteiger partial charge in [0, 0.05) is 18.4 Å². The van der Waals surface area contributed by atoms with Crippen LogP contribution in [0, 0.1) is 0 Å². The lowest BCUT2D eigenvalue weighted by atomic mass is 10.3. The number of carbonyl (C=O) groups is 2. The maximum Gasteiger partial charge on any atom is 0.435 e.